The molecule has 0 saturated heterocycles. The molecule has 3 aromatic carbocycles. The van der Waals surface area contributed by atoms with Crippen molar-refractivity contribution in [2.75, 3.05) is 16.7 Å². The lowest BCUT2D eigenvalue weighted by Gasteiger charge is -2.19. The summed E-state index contributed by atoms with van der Waals surface area (Å²) in [5.41, 5.74) is 3.09. The highest BCUT2D eigenvalue weighted by atomic mass is 32.2. The topological polar surface area (TPSA) is 84.3 Å². The minimum atomic E-state index is -3.83. The second kappa shape index (κ2) is 9.93. The summed E-state index contributed by atoms with van der Waals surface area (Å²) >= 11 is 0. The van der Waals surface area contributed by atoms with E-state index in [1.54, 1.807) is 53.3 Å². The summed E-state index contributed by atoms with van der Waals surface area (Å²) in [4.78, 5) is 13.0. The molecular formula is C26H26N4O3S. The van der Waals surface area contributed by atoms with E-state index >= 15 is 0 Å². The van der Waals surface area contributed by atoms with Crippen LogP contribution in [0.1, 0.15) is 28.4 Å². The number of hydrogen-bond donors (Lipinski definition) is 1. The highest BCUT2D eigenvalue weighted by molar-refractivity contribution is 7.92. The molecule has 0 saturated carbocycles. The van der Waals surface area contributed by atoms with Gasteiger partial charge in [-0.05, 0) is 47.9 Å². The van der Waals surface area contributed by atoms with Crippen LogP contribution in [0.2, 0.25) is 0 Å². The van der Waals surface area contributed by atoms with Gasteiger partial charge in [0.15, 0.2) is 0 Å². The first-order chi connectivity index (χ1) is 16.4. The molecule has 8 heteroatoms. The quantitative estimate of drug-likeness (QED) is 0.405. The lowest BCUT2D eigenvalue weighted by molar-refractivity contribution is 0.102. The van der Waals surface area contributed by atoms with Gasteiger partial charge in [0.1, 0.15) is 5.82 Å². The van der Waals surface area contributed by atoms with Crippen molar-refractivity contribution in [3.63, 3.8) is 0 Å². The maximum absolute atomic E-state index is 13.1. The number of nitrogens with one attached hydrogen (secondary N) is 1. The molecule has 0 aliphatic heterocycles. The molecule has 0 spiro atoms. The zero-order valence-electron chi connectivity index (χ0n) is 19.0. The van der Waals surface area contributed by atoms with Gasteiger partial charge < -0.3 is 5.32 Å². The average Bonchev–Trinajstić information content (AvgIpc) is 3.30. The number of amides is 1. The summed E-state index contributed by atoms with van der Waals surface area (Å²) in [5, 5.41) is 7.16. The summed E-state index contributed by atoms with van der Waals surface area (Å²) in [7, 11) is -2.34. The van der Waals surface area contributed by atoms with Crippen molar-refractivity contribution >= 4 is 27.4 Å². The Labute approximate surface area is 199 Å². The summed E-state index contributed by atoms with van der Waals surface area (Å²) in [5.74, 6) is 0.113. The third-order valence-electron chi connectivity index (χ3n) is 5.60. The van der Waals surface area contributed by atoms with E-state index in [0.717, 1.165) is 12.0 Å². The van der Waals surface area contributed by atoms with Gasteiger partial charge in [0.25, 0.3) is 15.9 Å². The fraction of sp³-hybridized carbons (Fsp3) is 0.154. The van der Waals surface area contributed by atoms with Crippen LogP contribution in [-0.2, 0) is 23.0 Å². The van der Waals surface area contributed by atoms with E-state index in [4.69, 9.17) is 0 Å². The lowest BCUT2D eigenvalue weighted by atomic mass is 10.1. The van der Waals surface area contributed by atoms with E-state index in [-0.39, 0.29) is 10.5 Å². The van der Waals surface area contributed by atoms with E-state index in [1.807, 2.05) is 18.2 Å². The maximum Gasteiger partial charge on any atom is 0.264 e. The summed E-state index contributed by atoms with van der Waals surface area (Å²) in [6, 6.07) is 24.8. The van der Waals surface area contributed by atoms with Gasteiger partial charge in [-0.1, -0.05) is 55.5 Å². The number of sulfonamides is 1. The zero-order chi connectivity index (χ0) is 24.1. The molecule has 0 radical (unpaired) electrons. The minimum Gasteiger partial charge on any atom is -0.307 e. The van der Waals surface area contributed by atoms with Gasteiger partial charge >= 0.3 is 0 Å². The molecule has 0 unspecified atom stereocenters. The predicted molar refractivity (Wildman–Crippen MR) is 134 cm³/mol. The SMILES string of the molecule is CCc1ccc(Cn2nccc2NC(=O)c2cccc(S(=O)(=O)N(C)c3ccccc3)c2)cc1. The number of rotatable bonds is 8. The smallest absolute Gasteiger partial charge is 0.264 e. The Morgan fingerprint density at radius 3 is 2.35 bits per heavy atom. The number of carbonyl (C=O) groups is 1. The van der Waals surface area contributed by atoms with Crippen LogP contribution in [0.5, 0.6) is 0 Å². The van der Waals surface area contributed by atoms with E-state index in [1.165, 1.54) is 29.0 Å². The normalized spacial score (nSPS) is 11.2. The molecule has 0 bridgehead atoms. The predicted octanol–water partition coefficient (Wildman–Crippen LogP) is 4.57. The van der Waals surface area contributed by atoms with Gasteiger partial charge in [-0.15, -0.1) is 0 Å². The van der Waals surface area contributed by atoms with Gasteiger partial charge in [-0.3, -0.25) is 9.10 Å². The van der Waals surface area contributed by atoms with Crippen LogP contribution in [0.15, 0.2) is 96.0 Å². The number of para-hydroxylation sites is 1. The lowest BCUT2D eigenvalue weighted by Crippen LogP contribution is -2.26. The third kappa shape index (κ3) is 5.02. The molecular weight excluding hydrogens is 448 g/mol. The van der Waals surface area contributed by atoms with Gasteiger partial charge in [0.2, 0.25) is 0 Å². The number of aryl methyl sites for hydroxylation is 1. The average molecular weight is 475 g/mol. The highest BCUT2D eigenvalue weighted by Crippen LogP contribution is 2.23. The highest BCUT2D eigenvalue weighted by Gasteiger charge is 2.22. The molecule has 174 valence electrons. The molecule has 4 rings (SSSR count). The van der Waals surface area contributed by atoms with Crippen LogP contribution in [-0.4, -0.2) is 31.2 Å². The van der Waals surface area contributed by atoms with Crippen molar-refractivity contribution in [1.29, 1.82) is 0 Å². The molecule has 0 aliphatic rings. The van der Waals surface area contributed by atoms with Crippen molar-refractivity contribution in [2.45, 2.75) is 24.8 Å². The van der Waals surface area contributed by atoms with Crippen molar-refractivity contribution in [2.24, 2.45) is 0 Å². The summed E-state index contributed by atoms with van der Waals surface area (Å²) < 4.78 is 29.1. The van der Waals surface area contributed by atoms with Crippen LogP contribution in [0.25, 0.3) is 0 Å². The van der Waals surface area contributed by atoms with Gasteiger partial charge in [-0.25, -0.2) is 13.1 Å². The van der Waals surface area contributed by atoms with E-state index in [0.29, 0.717) is 18.1 Å². The van der Waals surface area contributed by atoms with E-state index in [2.05, 4.69) is 29.5 Å². The maximum atomic E-state index is 13.1. The Bertz CT molecular complexity index is 1380. The molecule has 1 heterocycles. The first-order valence-corrected chi connectivity index (χ1v) is 12.4. The summed E-state index contributed by atoms with van der Waals surface area (Å²) in [6.07, 6.45) is 2.59. The Kier molecular flexibility index (Phi) is 6.79. The Morgan fingerprint density at radius 1 is 0.941 bits per heavy atom. The van der Waals surface area contributed by atoms with Crippen LogP contribution < -0.4 is 9.62 Å². The molecule has 1 amide bonds. The van der Waals surface area contributed by atoms with Crippen molar-refractivity contribution in [1.82, 2.24) is 9.78 Å². The van der Waals surface area contributed by atoms with Crippen LogP contribution in [0, 0.1) is 0 Å². The molecule has 7 nitrogen and oxygen atoms in total. The van der Waals surface area contributed by atoms with Crippen molar-refractivity contribution in [3.8, 4) is 0 Å². The monoisotopic (exact) mass is 474 g/mol. The second-order valence-corrected chi connectivity index (χ2v) is 9.80. The minimum absolute atomic E-state index is 0.0380. The summed E-state index contributed by atoms with van der Waals surface area (Å²) in [6.45, 7) is 2.61. The number of anilines is 2. The van der Waals surface area contributed by atoms with E-state index < -0.39 is 15.9 Å². The third-order valence-corrected chi connectivity index (χ3v) is 7.38. The van der Waals surface area contributed by atoms with Crippen LogP contribution in [0.3, 0.4) is 0 Å². The standard InChI is InChI=1S/C26H26N4O3S/c1-3-20-12-14-21(15-13-20)19-30-25(16-17-27-30)28-26(31)22-8-7-11-24(18-22)34(32,33)29(2)23-9-5-4-6-10-23/h4-18H,3,19H2,1-2H3,(H,28,31). The molecule has 0 atom stereocenters. The van der Waals surface area contributed by atoms with Gasteiger partial charge in [0.05, 0.1) is 23.3 Å². The van der Waals surface area contributed by atoms with Crippen molar-refractivity contribution < 1.29 is 13.2 Å². The van der Waals surface area contributed by atoms with Gasteiger partial charge in [0, 0.05) is 18.7 Å². The number of aromatic nitrogens is 2. The molecule has 4 aromatic rings. The fourth-order valence-electron chi connectivity index (χ4n) is 3.54. The number of carbonyl (C=O) groups excluding carboxylic acids is 1. The Morgan fingerprint density at radius 2 is 1.65 bits per heavy atom. The van der Waals surface area contributed by atoms with Gasteiger partial charge in [-0.2, -0.15) is 5.10 Å². The first kappa shape index (κ1) is 23.3. The number of nitrogens with zero attached hydrogens (tertiary/aromatic N) is 3. The molecule has 1 N–H and O–H groups in total. The van der Waals surface area contributed by atoms with Crippen LogP contribution >= 0.6 is 0 Å². The van der Waals surface area contributed by atoms with Crippen LogP contribution in [0.4, 0.5) is 11.5 Å². The number of hydrogen-bond acceptors (Lipinski definition) is 4. The first-order valence-electron chi connectivity index (χ1n) is 10.9. The largest absolute Gasteiger partial charge is 0.307 e. The molecule has 34 heavy (non-hydrogen) atoms. The molecule has 0 fully saturated rings. The fourth-order valence-corrected chi connectivity index (χ4v) is 4.78. The number of benzene rings is 3. The van der Waals surface area contributed by atoms with Crippen molar-refractivity contribution in [3.05, 3.63) is 108 Å². The Hall–Kier alpha value is -3.91. The van der Waals surface area contributed by atoms with E-state index in [9.17, 15) is 13.2 Å². The Balaban J connectivity index is 1.52. The zero-order valence-corrected chi connectivity index (χ0v) is 19.9. The molecule has 1 aromatic heterocycles. The second-order valence-electron chi connectivity index (χ2n) is 7.83. The molecule has 0 aliphatic carbocycles.